The second-order valence-electron chi connectivity index (χ2n) is 8.60. The minimum Gasteiger partial charge on any atom is -0.360 e. The van der Waals surface area contributed by atoms with Gasteiger partial charge in [-0.15, -0.1) is 0 Å². The number of aromatic amines is 1. The van der Waals surface area contributed by atoms with Crippen LogP contribution in [-0.2, 0) is 9.59 Å². The minimum absolute atomic E-state index is 0.152. The van der Waals surface area contributed by atoms with E-state index in [1.807, 2.05) is 61.6 Å². The second-order valence-corrected chi connectivity index (χ2v) is 9.00. The SMILES string of the molecule is CN(C)C/C=C/C(=O)NCCC(=O)Nc1cccc(Nc2ncc(Cl)c(-c3c[nH]c4ccccc34)n2)c1. The number of hydrogen-bond donors (Lipinski definition) is 4. The van der Waals surface area contributed by atoms with Crippen LogP contribution < -0.4 is 16.0 Å². The van der Waals surface area contributed by atoms with Gasteiger partial charge in [-0.2, -0.15) is 0 Å². The first-order chi connectivity index (χ1) is 17.9. The van der Waals surface area contributed by atoms with Gasteiger partial charge in [0.2, 0.25) is 17.8 Å². The number of likely N-dealkylation sites (N-methyl/N-ethyl adjacent to an activating group) is 1. The Labute approximate surface area is 220 Å². The first-order valence-electron chi connectivity index (χ1n) is 11.7. The van der Waals surface area contributed by atoms with Crippen molar-refractivity contribution in [3.8, 4) is 11.3 Å². The fraction of sp³-hybridized carbons (Fsp3) is 0.185. The van der Waals surface area contributed by atoms with E-state index in [-0.39, 0.29) is 24.8 Å². The number of fused-ring (bicyclic) bond motifs is 1. The molecule has 9 nitrogen and oxygen atoms in total. The number of H-pyrrole nitrogens is 1. The number of halogens is 1. The quantitative estimate of drug-likeness (QED) is 0.229. The number of hydrogen-bond acceptors (Lipinski definition) is 6. The highest BCUT2D eigenvalue weighted by Gasteiger charge is 2.13. The summed E-state index contributed by atoms with van der Waals surface area (Å²) in [5.41, 5.74) is 3.79. The molecule has 0 fully saturated rings. The summed E-state index contributed by atoms with van der Waals surface area (Å²) in [5, 5.41) is 10.2. The number of rotatable bonds is 10. The summed E-state index contributed by atoms with van der Waals surface area (Å²) in [6.45, 7) is 0.911. The van der Waals surface area contributed by atoms with Gasteiger partial charge in [0.05, 0.1) is 16.9 Å². The van der Waals surface area contributed by atoms with E-state index in [9.17, 15) is 9.59 Å². The second kappa shape index (κ2) is 12.2. The molecule has 0 atom stereocenters. The Morgan fingerprint density at radius 1 is 1.11 bits per heavy atom. The number of aromatic nitrogens is 3. The van der Waals surface area contributed by atoms with Gasteiger partial charge in [-0.3, -0.25) is 9.59 Å². The fourth-order valence-electron chi connectivity index (χ4n) is 3.64. The molecule has 2 aromatic carbocycles. The van der Waals surface area contributed by atoms with Crippen molar-refractivity contribution in [3.63, 3.8) is 0 Å². The molecule has 37 heavy (non-hydrogen) atoms. The molecule has 2 aromatic heterocycles. The molecule has 4 N–H and O–H groups in total. The molecule has 4 rings (SSSR count). The summed E-state index contributed by atoms with van der Waals surface area (Å²) in [7, 11) is 3.84. The van der Waals surface area contributed by atoms with Crippen molar-refractivity contribution in [2.75, 3.05) is 37.8 Å². The molecule has 0 spiro atoms. The van der Waals surface area contributed by atoms with Crippen molar-refractivity contribution in [3.05, 3.63) is 78.1 Å². The predicted octanol–water partition coefficient (Wildman–Crippen LogP) is 4.58. The van der Waals surface area contributed by atoms with Crippen molar-refractivity contribution in [1.82, 2.24) is 25.2 Å². The van der Waals surface area contributed by atoms with Gasteiger partial charge in [0.25, 0.3) is 0 Å². The number of anilines is 3. The number of amides is 2. The first kappa shape index (κ1) is 25.9. The van der Waals surface area contributed by atoms with E-state index in [4.69, 9.17) is 11.6 Å². The minimum atomic E-state index is -0.226. The third-order valence-corrected chi connectivity index (χ3v) is 5.66. The summed E-state index contributed by atoms with van der Waals surface area (Å²) >= 11 is 6.43. The Bertz CT molecular complexity index is 1430. The summed E-state index contributed by atoms with van der Waals surface area (Å²) in [4.78, 5) is 38.2. The van der Waals surface area contributed by atoms with Crippen LogP contribution in [0.25, 0.3) is 22.2 Å². The third-order valence-electron chi connectivity index (χ3n) is 5.38. The topological polar surface area (TPSA) is 115 Å². The Kier molecular flexibility index (Phi) is 8.50. The summed E-state index contributed by atoms with van der Waals surface area (Å²) in [5.74, 6) is -0.0619. The molecule has 0 aliphatic carbocycles. The molecule has 2 heterocycles. The van der Waals surface area contributed by atoms with Crippen LogP contribution in [0.15, 0.2) is 73.1 Å². The first-order valence-corrected chi connectivity index (χ1v) is 12.1. The molecule has 0 aliphatic heterocycles. The Morgan fingerprint density at radius 3 is 2.76 bits per heavy atom. The maximum atomic E-state index is 12.3. The lowest BCUT2D eigenvalue weighted by Crippen LogP contribution is -2.26. The lowest BCUT2D eigenvalue weighted by Gasteiger charge is -2.10. The highest BCUT2D eigenvalue weighted by Crippen LogP contribution is 2.32. The van der Waals surface area contributed by atoms with Crippen LogP contribution >= 0.6 is 11.6 Å². The van der Waals surface area contributed by atoms with Crippen molar-refractivity contribution < 1.29 is 9.59 Å². The van der Waals surface area contributed by atoms with E-state index in [0.29, 0.717) is 34.6 Å². The molecule has 4 aromatic rings. The molecule has 0 saturated heterocycles. The highest BCUT2D eigenvalue weighted by molar-refractivity contribution is 6.33. The number of carbonyl (C=O) groups excluding carboxylic acids is 2. The maximum absolute atomic E-state index is 12.3. The molecule has 0 bridgehead atoms. The lowest BCUT2D eigenvalue weighted by molar-refractivity contribution is -0.117. The maximum Gasteiger partial charge on any atom is 0.243 e. The van der Waals surface area contributed by atoms with Gasteiger partial charge < -0.3 is 25.8 Å². The number of para-hydroxylation sites is 1. The number of carbonyl (C=O) groups is 2. The van der Waals surface area contributed by atoms with Crippen LogP contribution in [-0.4, -0.2) is 58.9 Å². The number of benzene rings is 2. The van der Waals surface area contributed by atoms with Crippen LogP contribution in [0.2, 0.25) is 5.02 Å². The summed E-state index contributed by atoms with van der Waals surface area (Å²) in [6.07, 6.45) is 6.82. The third kappa shape index (κ3) is 7.16. The van der Waals surface area contributed by atoms with Crippen molar-refractivity contribution in [1.29, 1.82) is 0 Å². The van der Waals surface area contributed by atoms with Crippen LogP contribution in [0.5, 0.6) is 0 Å². The van der Waals surface area contributed by atoms with Gasteiger partial charge in [0, 0.05) is 59.6 Å². The van der Waals surface area contributed by atoms with Gasteiger partial charge in [0.1, 0.15) is 0 Å². The molecule has 0 saturated carbocycles. The molecule has 0 unspecified atom stereocenters. The van der Waals surface area contributed by atoms with Gasteiger partial charge in [0.15, 0.2) is 0 Å². The zero-order chi connectivity index (χ0) is 26.2. The largest absolute Gasteiger partial charge is 0.360 e. The van der Waals surface area contributed by atoms with Gasteiger partial charge in [-0.1, -0.05) is 41.9 Å². The molecule has 10 heteroatoms. The lowest BCUT2D eigenvalue weighted by atomic mass is 10.1. The Balaban J connectivity index is 1.36. The Hall–Kier alpha value is -4.21. The summed E-state index contributed by atoms with van der Waals surface area (Å²) < 4.78 is 0. The van der Waals surface area contributed by atoms with E-state index in [1.165, 1.54) is 6.08 Å². The summed E-state index contributed by atoms with van der Waals surface area (Å²) in [6, 6.07) is 15.1. The van der Waals surface area contributed by atoms with Gasteiger partial charge in [-0.05, 0) is 38.4 Å². The number of nitrogens with one attached hydrogen (secondary N) is 4. The molecule has 0 aliphatic rings. The molecule has 190 valence electrons. The van der Waals surface area contributed by atoms with Crippen LogP contribution in [0.4, 0.5) is 17.3 Å². The van der Waals surface area contributed by atoms with Crippen LogP contribution in [0.3, 0.4) is 0 Å². The average molecular weight is 518 g/mol. The van der Waals surface area contributed by atoms with E-state index < -0.39 is 0 Å². The Morgan fingerprint density at radius 2 is 1.92 bits per heavy atom. The number of nitrogens with zero attached hydrogens (tertiary/aromatic N) is 3. The van der Waals surface area contributed by atoms with E-state index in [1.54, 1.807) is 24.4 Å². The molecule has 0 radical (unpaired) electrons. The molecular weight excluding hydrogens is 490 g/mol. The normalized spacial score (nSPS) is 11.2. The van der Waals surface area contributed by atoms with E-state index in [2.05, 4.69) is 30.9 Å². The van der Waals surface area contributed by atoms with Crippen LogP contribution in [0.1, 0.15) is 6.42 Å². The molecule has 2 amide bonds. The highest BCUT2D eigenvalue weighted by atomic mass is 35.5. The molecular formula is C27H28ClN7O2. The van der Waals surface area contributed by atoms with Crippen molar-refractivity contribution in [2.24, 2.45) is 0 Å². The van der Waals surface area contributed by atoms with Gasteiger partial charge in [-0.25, -0.2) is 9.97 Å². The fourth-order valence-corrected chi connectivity index (χ4v) is 3.83. The standard InChI is InChI=1S/C27H28ClN7O2/c1-35(2)14-6-11-24(36)29-13-12-25(37)32-18-7-5-8-19(15-18)33-27-31-17-22(28)26(34-27)21-16-30-23-10-4-3-9-20(21)23/h3-11,15-17,30H,12-14H2,1-2H3,(H,29,36)(H,32,37)(H,31,33,34)/b11-6+. The van der Waals surface area contributed by atoms with E-state index in [0.717, 1.165) is 16.5 Å². The van der Waals surface area contributed by atoms with Crippen LogP contribution in [0, 0.1) is 0 Å². The monoisotopic (exact) mass is 517 g/mol. The van der Waals surface area contributed by atoms with Crippen molar-refractivity contribution in [2.45, 2.75) is 6.42 Å². The zero-order valence-corrected chi connectivity index (χ0v) is 21.3. The predicted molar refractivity (Wildman–Crippen MR) is 148 cm³/mol. The smallest absolute Gasteiger partial charge is 0.243 e. The zero-order valence-electron chi connectivity index (χ0n) is 20.6. The van der Waals surface area contributed by atoms with Crippen molar-refractivity contribution >= 4 is 51.6 Å². The van der Waals surface area contributed by atoms with E-state index >= 15 is 0 Å². The van der Waals surface area contributed by atoms with Gasteiger partial charge >= 0.3 is 0 Å². The average Bonchev–Trinajstić information content (AvgIpc) is 3.29.